The molecule has 1 fully saturated rings. The smallest absolute Gasteiger partial charge is 0.361 e. The quantitative estimate of drug-likeness (QED) is 0.344. The number of morpholine rings is 1. The van der Waals surface area contributed by atoms with Crippen LogP contribution in [0, 0.1) is 0 Å². The van der Waals surface area contributed by atoms with Crippen LogP contribution in [0.2, 0.25) is 0 Å². The Morgan fingerprint density at radius 3 is 2.10 bits per heavy atom. The van der Waals surface area contributed by atoms with Gasteiger partial charge in [-0.05, 0) is 62.4 Å². The number of carboxylic acid groups (broad SMARTS) is 1. The number of hydrogen-bond donors (Lipinski definition) is 3. The predicted octanol–water partition coefficient (Wildman–Crippen LogP) is 3.90. The highest BCUT2D eigenvalue weighted by Crippen LogP contribution is 2.33. The van der Waals surface area contributed by atoms with Crippen LogP contribution >= 0.6 is 0 Å². The second-order valence-corrected chi connectivity index (χ2v) is 8.34. The van der Waals surface area contributed by atoms with Crippen LogP contribution in [0.25, 0.3) is 11.4 Å². The van der Waals surface area contributed by atoms with Crippen LogP contribution in [-0.4, -0.2) is 72.6 Å². The number of hydrogen-bond acceptors (Lipinski definition) is 9. The Morgan fingerprint density at radius 2 is 1.54 bits per heavy atom. The summed E-state index contributed by atoms with van der Waals surface area (Å²) in [6.07, 6.45) is 0. The minimum Gasteiger partial charge on any atom is -0.488 e. The number of carbonyl (C=O) groups excluding carboxylic acids is 2. The van der Waals surface area contributed by atoms with E-state index >= 15 is 0 Å². The van der Waals surface area contributed by atoms with Crippen molar-refractivity contribution in [3.8, 4) is 17.1 Å². The standard InChI is InChI=1S/C27H29N5O7/c1-3-38-22-21(26(35)39-4-2)30-23(31-24(22)32-13-15-37-16-14-32)17-5-9-19(10-6-17)28-27(36)29-20-11-7-18(8-12-20)25(33)34/h5-12H,3-4,13-16H2,1-2H3,(H,33,34)(H2,28,29,36). The van der Waals surface area contributed by atoms with Gasteiger partial charge in [0.05, 0.1) is 32.0 Å². The Balaban J connectivity index is 1.57. The van der Waals surface area contributed by atoms with Gasteiger partial charge in [-0.25, -0.2) is 24.4 Å². The fourth-order valence-corrected chi connectivity index (χ4v) is 3.86. The molecular weight excluding hydrogens is 506 g/mol. The molecule has 2 aromatic carbocycles. The van der Waals surface area contributed by atoms with Crippen LogP contribution in [0.3, 0.4) is 0 Å². The number of benzene rings is 2. The third-order valence-corrected chi connectivity index (χ3v) is 5.71. The lowest BCUT2D eigenvalue weighted by Gasteiger charge is -2.29. The summed E-state index contributed by atoms with van der Waals surface area (Å²) in [5, 5.41) is 14.4. The van der Waals surface area contributed by atoms with Gasteiger partial charge in [-0.1, -0.05) is 0 Å². The number of nitrogens with one attached hydrogen (secondary N) is 2. The molecule has 0 unspecified atom stereocenters. The number of aromatic nitrogens is 2. The molecule has 0 radical (unpaired) electrons. The first-order valence-electron chi connectivity index (χ1n) is 12.5. The van der Waals surface area contributed by atoms with Crippen LogP contribution in [0.4, 0.5) is 22.0 Å². The van der Waals surface area contributed by atoms with Gasteiger partial charge in [0, 0.05) is 30.0 Å². The second kappa shape index (κ2) is 12.7. The third-order valence-electron chi connectivity index (χ3n) is 5.71. The molecule has 4 rings (SSSR count). The summed E-state index contributed by atoms with van der Waals surface area (Å²) < 4.78 is 16.5. The zero-order valence-corrected chi connectivity index (χ0v) is 21.6. The zero-order chi connectivity index (χ0) is 27.8. The molecule has 0 aliphatic carbocycles. The molecule has 0 bridgehead atoms. The molecule has 1 saturated heterocycles. The van der Waals surface area contributed by atoms with Crippen molar-refractivity contribution >= 4 is 35.2 Å². The van der Waals surface area contributed by atoms with Crippen LogP contribution in [0.15, 0.2) is 48.5 Å². The average molecular weight is 536 g/mol. The number of urea groups is 1. The second-order valence-electron chi connectivity index (χ2n) is 8.34. The molecule has 0 spiro atoms. The van der Waals surface area contributed by atoms with Gasteiger partial charge in [-0.2, -0.15) is 0 Å². The molecule has 12 nitrogen and oxygen atoms in total. The van der Waals surface area contributed by atoms with Crippen molar-refractivity contribution < 1.29 is 33.7 Å². The van der Waals surface area contributed by atoms with E-state index in [4.69, 9.17) is 24.3 Å². The molecule has 204 valence electrons. The number of ether oxygens (including phenoxy) is 3. The summed E-state index contributed by atoms with van der Waals surface area (Å²) >= 11 is 0. The van der Waals surface area contributed by atoms with Gasteiger partial charge < -0.3 is 34.9 Å². The molecule has 3 N–H and O–H groups in total. The third kappa shape index (κ3) is 6.79. The Morgan fingerprint density at radius 1 is 0.923 bits per heavy atom. The lowest BCUT2D eigenvalue weighted by atomic mass is 10.1. The first-order chi connectivity index (χ1) is 18.9. The molecule has 2 heterocycles. The fraction of sp³-hybridized carbons (Fsp3) is 0.296. The summed E-state index contributed by atoms with van der Waals surface area (Å²) in [6.45, 7) is 6.24. The number of carbonyl (C=O) groups is 3. The van der Waals surface area contributed by atoms with Crippen molar-refractivity contribution in [1.29, 1.82) is 0 Å². The summed E-state index contributed by atoms with van der Waals surface area (Å²) in [5.41, 5.74) is 1.73. The molecular formula is C27H29N5O7. The summed E-state index contributed by atoms with van der Waals surface area (Å²) in [4.78, 5) is 47.4. The van der Waals surface area contributed by atoms with Crippen LogP contribution < -0.4 is 20.3 Å². The summed E-state index contributed by atoms with van der Waals surface area (Å²) in [6, 6.07) is 12.1. The SMILES string of the molecule is CCOC(=O)c1nc(-c2ccc(NC(=O)Nc3ccc(C(=O)O)cc3)cc2)nc(N2CCOCC2)c1OCC. The maximum absolute atomic E-state index is 12.8. The Bertz CT molecular complexity index is 1320. The monoisotopic (exact) mass is 535 g/mol. The van der Waals surface area contributed by atoms with Gasteiger partial charge >= 0.3 is 18.0 Å². The van der Waals surface area contributed by atoms with Crippen LogP contribution in [-0.2, 0) is 9.47 Å². The maximum Gasteiger partial charge on any atom is 0.361 e. The highest BCUT2D eigenvalue weighted by molar-refractivity contribution is 6.00. The van der Waals surface area contributed by atoms with Gasteiger partial charge in [-0.15, -0.1) is 0 Å². The lowest BCUT2D eigenvalue weighted by molar-refractivity contribution is 0.0514. The maximum atomic E-state index is 12.8. The Hall–Kier alpha value is -4.71. The number of rotatable bonds is 9. The number of amides is 2. The molecule has 1 aliphatic heterocycles. The van der Waals surface area contributed by atoms with E-state index < -0.39 is 18.0 Å². The van der Waals surface area contributed by atoms with E-state index in [1.807, 2.05) is 11.8 Å². The number of esters is 1. The number of nitrogens with zero attached hydrogens (tertiary/aromatic N) is 3. The van der Waals surface area contributed by atoms with Crippen molar-refractivity contribution in [3.05, 3.63) is 59.8 Å². The van der Waals surface area contributed by atoms with Gasteiger partial charge in [0.2, 0.25) is 0 Å². The van der Waals surface area contributed by atoms with E-state index in [0.717, 1.165) is 0 Å². The minimum absolute atomic E-state index is 0.0423. The minimum atomic E-state index is -1.05. The fourth-order valence-electron chi connectivity index (χ4n) is 3.86. The molecule has 12 heteroatoms. The van der Waals surface area contributed by atoms with Crippen molar-refractivity contribution in [2.24, 2.45) is 0 Å². The normalized spacial score (nSPS) is 12.9. The highest BCUT2D eigenvalue weighted by atomic mass is 16.5. The molecule has 1 aliphatic rings. The van der Waals surface area contributed by atoms with E-state index in [-0.39, 0.29) is 23.6 Å². The number of carboxylic acids is 1. The Kier molecular flexibility index (Phi) is 8.90. The molecule has 39 heavy (non-hydrogen) atoms. The van der Waals surface area contributed by atoms with E-state index in [0.29, 0.717) is 61.5 Å². The zero-order valence-electron chi connectivity index (χ0n) is 21.6. The van der Waals surface area contributed by atoms with Gasteiger partial charge in [0.1, 0.15) is 0 Å². The van der Waals surface area contributed by atoms with E-state index in [9.17, 15) is 14.4 Å². The molecule has 2 amide bonds. The number of anilines is 3. The lowest BCUT2D eigenvalue weighted by Crippen LogP contribution is -2.37. The van der Waals surface area contributed by atoms with Crippen molar-refractivity contribution in [2.45, 2.75) is 13.8 Å². The van der Waals surface area contributed by atoms with E-state index in [2.05, 4.69) is 15.6 Å². The largest absolute Gasteiger partial charge is 0.488 e. The van der Waals surface area contributed by atoms with Gasteiger partial charge in [0.15, 0.2) is 23.1 Å². The average Bonchev–Trinajstić information content (AvgIpc) is 2.94. The van der Waals surface area contributed by atoms with Crippen molar-refractivity contribution in [2.75, 3.05) is 55.1 Å². The van der Waals surface area contributed by atoms with Crippen LogP contribution in [0.1, 0.15) is 34.7 Å². The first-order valence-corrected chi connectivity index (χ1v) is 12.5. The first kappa shape index (κ1) is 27.3. The molecule has 3 aromatic rings. The Labute approximate surface area is 224 Å². The highest BCUT2D eigenvalue weighted by Gasteiger charge is 2.27. The van der Waals surface area contributed by atoms with E-state index in [1.54, 1.807) is 31.2 Å². The van der Waals surface area contributed by atoms with E-state index in [1.165, 1.54) is 24.3 Å². The van der Waals surface area contributed by atoms with Crippen molar-refractivity contribution in [1.82, 2.24) is 9.97 Å². The summed E-state index contributed by atoms with van der Waals surface area (Å²) in [7, 11) is 0. The van der Waals surface area contributed by atoms with Crippen molar-refractivity contribution in [3.63, 3.8) is 0 Å². The molecule has 1 aromatic heterocycles. The molecule has 0 atom stereocenters. The predicted molar refractivity (Wildman–Crippen MR) is 144 cm³/mol. The summed E-state index contributed by atoms with van der Waals surface area (Å²) in [5.74, 6) is -0.589. The van der Waals surface area contributed by atoms with Gasteiger partial charge in [0.25, 0.3) is 0 Å². The molecule has 0 saturated carbocycles. The number of aromatic carboxylic acids is 1. The topological polar surface area (TPSA) is 152 Å². The van der Waals surface area contributed by atoms with Gasteiger partial charge in [-0.3, -0.25) is 0 Å². The van der Waals surface area contributed by atoms with Crippen LogP contribution in [0.5, 0.6) is 5.75 Å².